The molecule has 3 unspecified atom stereocenters. The monoisotopic (exact) mass is 318 g/mol. The lowest BCUT2D eigenvalue weighted by molar-refractivity contribution is -0.0182. The minimum absolute atomic E-state index is 0.270. The van der Waals surface area contributed by atoms with Gasteiger partial charge in [0, 0.05) is 13.0 Å². The zero-order valence-electron chi connectivity index (χ0n) is 14.4. The van der Waals surface area contributed by atoms with Gasteiger partial charge in [-0.05, 0) is 19.3 Å². The van der Waals surface area contributed by atoms with Crippen LogP contribution in [0.5, 0.6) is 0 Å². The summed E-state index contributed by atoms with van der Waals surface area (Å²) in [5, 5.41) is 38.4. The molecule has 4 heteroatoms. The van der Waals surface area contributed by atoms with Gasteiger partial charge >= 0.3 is 0 Å². The summed E-state index contributed by atoms with van der Waals surface area (Å²) in [6, 6.07) is 0. The van der Waals surface area contributed by atoms with Crippen LogP contribution < -0.4 is 0 Å². The Bertz CT molecular complexity index is 223. The van der Waals surface area contributed by atoms with Crippen molar-refractivity contribution in [3.63, 3.8) is 0 Å². The molecule has 0 heterocycles. The number of hydrogen-bond donors (Lipinski definition) is 4. The van der Waals surface area contributed by atoms with Crippen LogP contribution in [0.4, 0.5) is 0 Å². The second kappa shape index (κ2) is 15.7. The molecule has 0 radical (unpaired) electrons. The molecule has 0 amide bonds. The highest BCUT2D eigenvalue weighted by atomic mass is 16.3. The Kier molecular flexibility index (Phi) is 15.6. The molecule has 0 spiro atoms. The third kappa shape index (κ3) is 13.5. The van der Waals surface area contributed by atoms with Gasteiger partial charge < -0.3 is 20.4 Å². The highest BCUT2D eigenvalue weighted by molar-refractivity contribution is 4.71. The first-order chi connectivity index (χ1) is 10.6. The first-order valence-electron chi connectivity index (χ1n) is 9.26. The lowest BCUT2D eigenvalue weighted by Gasteiger charge is -2.20. The minimum atomic E-state index is -0.810. The van der Waals surface area contributed by atoms with Gasteiger partial charge in [-0.15, -0.1) is 0 Å². The SMILES string of the molecule is CCCCCCC(O)CC(O)C(O)CCCCCCCCO. The van der Waals surface area contributed by atoms with Gasteiger partial charge in [-0.3, -0.25) is 0 Å². The lowest BCUT2D eigenvalue weighted by Crippen LogP contribution is -2.30. The van der Waals surface area contributed by atoms with E-state index in [1.165, 1.54) is 12.8 Å². The van der Waals surface area contributed by atoms with Crippen LogP contribution in [0.1, 0.15) is 90.4 Å². The fraction of sp³-hybridized carbons (Fsp3) is 1.00. The van der Waals surface area contributed by atoms with Crippen LogP contribution in [-0.4, -0.2) is 45.3 Å². The van der Waals surface area contributed by atoms with Crippen LogP contribution in [0, 0.1) is 0 Å². The molecule has 0 fully saturated rings. The maximum Gasteiger partial charge on any atom is 0.0823 e. The Morgan fingerprint density at radius 3 is 1.82 bits per heavy atom. The Morgan fingerprint density at radius 1 is 0.636 bits per heavy atom. The molecule has 0 aliphatic rings. The molecule has 0 rings (SSSR count). The van der Waals surface area contributed by atoms with Crippen molar-refractivity contribution in [3.8, 4) is 0 Å². The molecule has 134 valence electrons. The smallest absolute Gasteiger partial charge is 0.0823 e. The first-order valence-corrected chi connectivity index (χ1v) is 9.26. The molecule has 0 aromatic heterocycles. The van der Waals surface area contributed by atoms with E-state index in [1.807, 2.05) is 0 Å². The van der Waals surface area contributed by atoms with Gasteiger partial charge in [-0.1, -0.05) is 64.7 Å². The van der Waals surface area contributed by atoms with Crippen molar-refractivity contribution >= 4 is 0 Å². The van der Waals surface area contributed by atoms with E-state index in [9.17, 15) is 15.3 Å². The van der Waals surface area contributed by atoms with E-state index in [0.717, 1.165) is 51.4 Å². The molecule has 0 saturated carbocycles. The van der Waals surface area contributed by atoms with E-state index in [2.05, 4.69) is 6.92 Å². The summed E-state index contributed by atoms with van der Waals surface area (Å²) in [4.78, 5) is 0. The number of aliphatic hydroxyl groups is 4. The Labute approximate surface area is 136 Å². The maximum absolute atomic E-state index is 9.93. The first kappa shape index (κ1) is 21.8. The van der Waals surface area contributed by atoms with E-state index in [1.54, 1.807) is 0 Å². The van der Waals surface area contributed by atoms with Crippen molar-refractivity contribution in [2.75, 3.05) is 6.61 Å². The molecular formula is C18H38O4. The maximum atomic E-state index is 9.93. The minimum Gasteiger partial charge on any atom is -0.396 e. The third-order valence-electron chi connectivity index (χ3n) is 4.26. The fourth-order valence-corrected chi connectivity index (χ4v) is 2.73. The zero-order chi connectivity index (χ0) is 16.6. The number of rotatable bonds is 16. The lowest BCUT2D eigenvalue weighted by atomic mass is 9.98. The second-order valence-corrected chi connectivity index (χ2v) is 6.51. The number of aliphatic hydroxyl groups excluding tert-OH is 4. The molecule has 0 bridgehead atoms. The van der Waals surface area contributed by atoms with Crippen molar-refractivity contribution in [2.45, 2.75) is 109 Å². The fourth-order valence-electron chi connectivity index (χ4n) is 2.73. The second-order valence-electron chi connectivity index (χ2n) is 6.51. The molecule has 0 saturated heterocycles. The van der Waals surface area contributed by atoms with Gasteiger partial charge in [-0.2, -0.15) is 0 Å². The van der Waals surface area contributed by atoms with Crippen LogP contribution >= 0.6 is 0 Å². The van der Waals surface area contributed by atoms with E-state index in [4.69, 9.17) is 5.11 Å². The largest absolute Gasteiger partial charge is 0.396 e. The van der Waals surface area contributed by atoms with Crippen molar-refractivity contribution in [1.82, 2.24) is 0 Å². The van der Waals surface area contributed by atoms with Crippen LogP contribution in [0.25, 0.3) is 0 Å². The summed E-state index contributed by atoms with van der Waals surface area (Å²) in [7, 11) is 0. The average molecular weight is 318 g/mol. The summed E-state index contributed by atoms with van der Waals surface area (Å²) < 4.78 is 0. The zero-order valence-corrected chi connectivity index (χ0v) is 14.4. The summed E-state index contributed by atoms with van der Waals surface area (Å²) in [5.41, 5.74) is 0. The van der Waals surface area contributed by atoms with Crippen molar-refractivity contribution in [1.29, 1.82) is 0 Å². The quantitative estimate of drug-likeness (QED) is 0.330. The predicted octanol–water partition coefficient (Wildman–Crippen LogP) is 3.15. The van der Waals surface area contributed by atoms with Gasteiger partial charge in [-0.25, -0.2) is 0 Å². The molecule has 0 aliphatic heterocycles. The van der Waals surface area contributed by atoms with Crippen LogP contribution in [0.3, 0.4) is 0 Å². The van der Waals surface area contributed by atoms with E-state index >= 15 is 0 Å². The molecule has 3 atom stereocenters. The van der Waals surface area contributed by atoms with Gasteiger partial charge in [0.15, 0.2) is 0 Å². The van der Waals surface area contributed by atoms with E-state index < -0.39 is 18.3 Å². The molecule has 22 heavy (non-hydrogen) atoms. The molecule has 0 aromatic carbocycles. The summed E-state index contributed by atoms with van der Waals surface area (Å²) in [6.07, 6.45) is 10.2. The third-order valence-corrected chi connectivity index (χ3v) is 4.26. The summed E-state index contributed by atoms with van der Waals surface area (Å²) >= 11 is 0. The summed E-state index contributed by atoms with van der Waals surface area (Å²) in [6.45, 7) is 2.43. The van der Waals surface area contributed by atoms with Crippen molar-refractivity contribution in [3.05, 3.63) is 0 Å². The molecule has 4 N–H and O–H groups in total. The van der Waals surface area contributed by atoms with Gasteiger partial charge in [0.25, 0.3) is 0 Å². The van der Waals surface area contributed by atoms with Crippen LogP contribution in [-0.2, 0) is 0 Å². The topological polar surface area (TPSA) is 80.9 Å². The Balaban J connectivity index is 3.54. The highest BCUT2D eigenvalue weighted by Crippen LogP contribution is 2.15. The standard InChI is InChI=1S/C18H38O4/c1-2-3-4-9-12-16(20)15-18(22)17(21)13-10-7-5-6-8-11-14-19/h16-22H,2-15H2,1H3. The normalized spacial score (nSPS) is 15.7. The Morgan fingerprint density at radius 2 is 1.18 bits per heavy atom. The molecule has 0 aromatic rings. The Hall–Kier alpha value is -0.160. The number of unbranched alkanes of at least 4 members (excludes halogenated alkanes) is 8. The van der Waals surface area contributed by atoms with Crippen LogP contribution in [0.15, 0.2) is 0 Å². The summed E-state index contributed by atoms with van der Waals surface area (Å²) in [5.74, 6) is 0. The predicted molar refractivity (Wildman–Crippen MR) is 90.8 cm³/mol. The van der Waals surface area contributed by atoms with E-state index in [0.29, 0.717) is 12.8 Å². The highest BCUT2D eigenvalue weighted by Gasteiger charge is 2.19. The van der Waals surface area contributed by atoms with Gasteiger partial charge in [0.1, 0.15) is 0 Å². The van der Waals surface area contributed by atoms with Crippen molar-refractivity contribution in [2.24, 2.45) is 0 Å². The van der Waals surface area contributed by atoms with Crippen molar-refractivity contribution < 1.29 is 20.4 Å². The number of hydrogen-bond acceptors (Lipinski definition) is 4. The molecular weight excluding hydrogens is 280 g/mol. The van der Waals surface area contributed by atoms with Gasteiger partial charge in [0.2, 0.25) is 0 Å². The average Bonchev–Trinajstić information content (AvgIpc) is 2.50. The molecule has 4 nitrogen and oxygen atoms in total. The van der Waals surface area contributed by atoms with E-state index in [-0.39, 0.29) is 13.0 Å². The van der Waals surface area contributed by atoms with Gasteiger partial charge in [0.05, 0.1) is 18.3 Å². The molecule has 0 aliphatic carbocycles. The van der Waals surface area contributed by atoms with Crippen LogP contribution in [0.2, 0.25) is 0 Å².